The average molecular weight is 240 g/mol. The molecule has 0 amide bonds. The molecule has 96 valence electrons. The fourth-order valence-electron chi connectivity index (χ4n) is 2.56. The molecule has 0 radical (unpaired) electrons. The Hall–Kier alpha value is -1.30. The lowest BCUT2D eigenvalue weighted by atomic mass is 9.93. The second-order valence-electron chi connectivity index (χ2n) is 5.36. The number of hydrogen-bond acceptors (Lipinski definition) is 0. The van der Waals surface area contributed by atoms with Gasteiger partial charge in [0.05, 0.1) is 0 Å². The molecular weight excluding hydrogens is 216 g/mol. The average Bonchev–Trinajstić information content (AvgIpc) is 2.43. The number of hydrogen-bond donors (Lipinski definition) is 0. The van der Waals surface area contributed by atoms with Crippen molar-refractivity contribution in [3.8, 4) is 0 Å². The molecule has 0 saturated carbocycles. The molecule has 2 aromatic carbocycles. The van der Waals surface area contributed by atoms with Gasteiger partial charge in [0.1, 0.15) is 0 Å². The van der Waals surface area contributed by atoms with Gasteiger partial charge in [-0.3, -0.25) is 0 Å². The van der Waals surface area contributed by atoms with Crippen molar-refractivity contribution in [2.45, 2.75) is 51.9 Å². The first kappa shape index (κ1) is 13.1. The third-order valence-electron chi connectivity index (χ3n) is 3.83. The van der Waals surface area contributed by atoms with E-state index < -0.39 is 0 Å². The minimum absolute atomic E-state index is 0.687. The van der Waals surface area contributed by atoms with E-state index in [1.54, 1.807) is 0 Å². The van der Waals surface area contributed by atoms with E-state index in [4.69, 9.17) is 0 Å². The van der Waals surface area contributed by atoms with Gasteiger partial charge in [0.2, 0.25) is 0 Å². The van der Waals surface area contributed by atoms with Gasteiger partial charge in [-0.25, -0.2) is 0 Å². The lowest BCUT2D eigenvalue weighted by Gasteiger charge is -2.12. The van der Waals surface area contributed by atoms with Crippen molar-refractivity contribution in [3.63, 3.8) is 0 Å². The van der Waals surface area contributed by atoms with Gasteiger partial charge < -0.3 is 0 Å². The van der Waals surface area contributed by atoms with Crippen LogP contribution in [0.25, 0.3) is 10.8 Å². The Kier molecular flexibility index (Phi) is 4.81. The molecule has 0 heteroatoms. The van der Waals surface area contributed by atoms with E-state index in [1.807, 2.05) is 0 Å². The van der Waals surface area contributed by atoms with Crippen molar-refractivity contribution < 1.29 is 0 Å². The van der Waals surface area contributed by atoms with Gasteiger partial charge in [0.15, 0.2) is 0 Å². The fraction of sp³-hybridized carbons (Fsp3) is 0.444. The maximum atomic E-state index is 2.36. The van der Waals surface area contributed by atoms with Gasteiger partial charge in [0, 0.05) is 0 Å². The molecule has 18 heavy (non-hydrogen) atoms. The molecule has 0 aromatic heterocycles. The SMILES string of the molecule is CCCCCCC(C)c1ccc2ccccc2c1. The van der Waals surface area contributed by atoms with E-state index in [2.05, 4.69) is 56.3 Å². The van der Waals surface area contributed by atoms with Crippen molar-refractivity contribution in [2.75, 3.05) is 0 Å². The van der Waals surface area contributed by atoms with Crippen LogP contribution >= 0.6 is 0 Å². The number of rotatable bonds is 6. The lowest BCUT2D eigenvalue weighted by Crippen LogP contribution is -1.93. The van der Waals surface area contributed by atoms with Crippen LogP contribution in [0.1, 0.15) is 57.4 Å². The van der Waals surface area contributed by atoms with Gasteiger partial charge >= 0.3 is 0 Å². The Labute approximate surface area is 111 Å². The predicted octanol–water partition coefficient (Wildman–Crippen LogP) is 5.91. The summed E-state index contributed by atoms with van der Waals surface area (Å²) in [4.78, 5) is 0. The Balaban J connectivity index is 2.01. The van der Waals surface area contributed by atoms with Crippen molar-refractivity contribution in [1.82, 2.24) is 0 Å². The largest absolute Gasteiger partial charge is 0.0654 e. The maximum absolute atomic E-state index is 2.36. The first-order valence-corrected chi connectivity index (χ1v) is 7.30. The van der Waals surface area contributed by atoms with Crippen molar-refractivity contribution in [3.05, 3.63) is 48.0 Å². The van der Waals surface area contributed by atoms with Crippen LogP contribution in [0.5, 0.6) is 0 Å². The van der Waals surface area contributed by atoms with Gasteiger partial charge in [-0.1, -0.05) is 82.0 Å². The highest BCUT2D eigenvalue weighted by Crippen LogP contribution is 2.25. The third kappa shape index (κ3) is 3.35. The van der Waals surface area contributed by atoms with Crippen molar-refractivity contribution >= 4 is 10.8 Å². The van der Waals surface area contributed by atoms with E-state index in [1.165, 1.54) is 48.4 Å². The quantitative estimate of drug-likeness (QED) is 0.550. The molecule has 0 bridgehead atoms. The summed E-state index contributed by atoms with van der Waals surface area (Å²) in [6, 6.07) is 15.5. The molecule has 0 heterocycles. The van der Waals surface area contributed by atoms with E-state index in [0.717, 1.165) is 0 Å². The smallest absolute Gasteiger partial charge is 0.0181 e. The van der Waals surface area contributed by atoms with Gasteiger partial charge in [0.25, 0.3) is 0 Å². The Morgan fingerprint density at radius 3 is 2.44 bits per heavy atom. The van der Waals surface area contributed by atoms with Crippen LogP contribution in [0, 0.1) is 0 Å². The minimum atomic E-state index is 0.687. The summed E-state index contributed by atoms with van der Waals surface area (Å²) in [7, 11) is 0. The summed E-state index contributed by atoms with van der Waals surface area (Å²) < 4.78 is 0. The maximum Gasteiger partial charge on any atom is -0.0181 e. The van der Waals surface area contributed by atoms with E-state index in [0.29, 0.717) is 5.92 Å². The zero-order valence-corrected chi connectivity index (χ0v) is 11.7. The summed E-state index contributed by atoms with van der Waals surface area (Å²) in [5.41, 5.74) is 1.49. The molecule has 1 unspecified atom stereocenters. The van der Waals surface area contributed by atoms with Gasteiger partial charge in [-0.05, 0) is 28.7 Å². The van der Waals surface area contributed by atoms with Crippen molar-refractivity contribution in [2.24, 2.45) is 0 Å². The minimum Gasteiger partial charge on any atom is -0.0654 e. The fourth-order valence-corrected chi connectivity index (χ4v) is 2.56. The monoisotopic (exact) mass is 240 g/mol. The summed E-state index contributed by atoms with van der Waals surface area (Å²) >= 11 is 0. The predicted molar refractivity (Wildman–Crippen MR) is 81.1 cm³/mol. The highest BCUT2D eigenvalue weighted by molar-refractivity contribution is 5.83. The Morgan fingerprint density at radius 1 is 0.889 bits per heavy atom. The van der Waals surface area contributed by atoms with E-state index >= 15 is 0 Å². The van der Waals surface area contributed by atoms with Crippen LogP contribution < -0.4 is 0 Å². The zero-order chi connectivity index (χ0) is 12.8. The highest BCUT2D eigenvalue weighted by Gasteiger charge is 2.05. The van der Waals surface area contributed by atoms with Crippen LogP contribution in [-0.2, 0) is 0 Å². The standard InChI is InChI=1S/C18H24/c1-3-4-5-6-9-15(2)17-13-12-16-10-7-8-11-18(16)14-17/h7-8,10-15H,3-6,9H2,1-2H3. The summed E-state index contributed by atoms with van der Waals surface area (Å²) in [5, 5.41) is 2.72. The second-order valence-corrected chi connectivity index (χ2v) is 5.36. The van der Waals surface area contributed by atoms with E-state index in [9.17, 15) is 0 Å². The highest BCUT2D eigenvalue weighted by atomic mass is 14.1. The number of fused-ring (bicyclic) bond motifs is 1. The van der Waals surface area contributed by atoms with Crippen LogP contribution in [0.2, 0.25) is 0 Å². The molecule has 0 nitrogen and oxygen atoms in total. The van der Waals surface area contributed by atoms with E-state index in [-0.39, 0.29) is 0 Å². The number of unbranched alkanes of at least 4 members (excludes halogenated alkanes) is 3. The Bertz CT molecular complexity index is 484. The first-order chi connectivity index (χ1) is 8.81. The zero-order valence-electron chi connectivity index (χ0n) is 11.7. The summed E-state index contributed by atoms with van der Waals surface area (Å²) in [5.74, 6) is 0.687. The second kappa shape index (κ2) is 6.58. The molecule has 0 aliphatic carbocycles. The molecular formula is C18H24. The first-order valence-electron chi connectivity index (χ1n) is 7.30. The van der Waals surface area contributed by atoms with Crippen LogP contribution in [-0.4, -0.2) is 0 Å². The molecule has 0 aliphatic heterocycles. The molecule has 0 spiro atoms. The molecule has 2 rings (SSSR count). The van der Waals surface area contributed by atoms with Gasteiger partial charge in [-0.15, -0.1) is 0 Å². The molecule has 2 aromatic rings. The van der Waals surface area contributed by atoms with Crippen molar-refractivity contribution in [1.29, 1.82) is 0 Å². The van der Waals surface area contributed by atoms with Crippen LogP contribution in [0.15, 0.2) is 42.5 Å². The Morgan fingerprint density at radius 2 is 1.67 bits per heavy atom. The van der Waals surface area contributed by atoms with Crippen LogP contribution in [0.3, 0.4) is 0 Å². The number of benzene rings is 2. The topological polar surface area (TPSA) is 0 Å². The molecule has 1 atom stereocenters. The van der Waals surface area contributed by atoms with Gasteiger partial charge in [-0.2, -0.15) is 0 Å². The molecule has 0 fully saturated rings. The molecule has 0 N–H and O–H groups in total. The molecule has 0 aliphatic rings. The summed E-state index contributed by atoms with van der Waals surface area (Å²) in [6.07, 6.45) is 6.77. The lowest BCUT2D eigenvalue weighted by molar-refractivity contribution is 0.580. The third-order valence-corrected chi connectivity index (χ3v) is 3.83. The molecule has 0 saturated heterocycles. The summed E-state index contributed by atoms with van der Waals surface area (Å²) in [6.45, 7) is 4.63. The normalized spacial score (nSPS) is 12.8. The van der Waals surface area contributed by atoms with Crippen LogP contribution in [0.4, 0.5) is 0 Å².